The second-order valence-corrected chi connectivity index (χ2v) is 7.22. The lowest BCUT2D eigenvalue weighted by Crippen LogP contribution is -2.49. The monoisotopic (exact) mass is 254 g/mol. The summed E-state index contributed by atoms with van der Waals surface area (Å²) < 4.78 is 16.7. The fourth-order valence-electron chi connectivity index (χ4n) is 2.17. The third-order valence-electron chi connectivity index (χ3n) is 3.17. The molecule has 0 N–H and O–H groups in total. The molecule has 0 aliphatic heterocycles. The molecule has 0 aliphatic carbocycles. The van der Waals surface area contributed by atoms with Crippen LogP contribution in [-0.2, 0) is 13.3 Å². The minimum atomic E-state index is -2.61. The van der Waals surface area contributed by atoms with E-state index in [4.69, 9.17) is 13.3 Å². The zero-order valence-corrected chi connectivity index (χ0v) is 12.3. The van der Waals surface area contributed by atoms with E-state index in [-0.39, 0.29) is 5.54 Å². The molecule has 1 rings (SSSR count). The van der Waals surface area contributed by atoms with Crippen LogP contribution in [0.15, 0.2) is 24.3 Å². The molecule has 0 amide bonds. The highest BCUT2D eigenvalue weighted by Crippen LogP contribution is 2.31. The Hall–Kier alpha value is -0.683. The van der Waals surface area contributed by atoms with Crippen LogP contribution in [0, 0.1) is 6.92 Å². The second kappa shape index (κ2) is 6.30. The third kappa shape index (κ3) is 2.96. The van der Waals surface area contributed by atoms with Crippen molar-refractivity contribution in [2.75, 3.05) is 21.3 Å². The van der Waals surface area contributed by atoms with Gasteiger partial charge in [0.05, 0.1) is 5.54 Å². The minimum absolute atomic E-state index is 0.183. The van der Waals surface area contributed by atoms with Gasteiger partial charge in [-0.2, -0.15) is 0 Å². The topological polar surface area (TPSA) is 27.7 Å². The third-order valence-corrected chi connectivity index (χ3v) is 6.47. The van der Waals surface area contributed by atoms with Crippen LogP contribution in [0.2, 0.25) is 0 Å². The van der Waals surface area contributed by atoms with Gasteiger partial charge in [-0.3, -0.25) is 0 Å². The van der Waals surface area contributed by atoms with Crippen LogP contribution in [0.25, 0.3) is 0 Å². The summed E-state index contributed by atoms with van der Waals surface area (Å²) in [7, 11) is 2.38. The fraction of sp³-hybridized carbons (Fsp3) is 0.538. The van der Waals surface area contributed by atoms with Gasteiger partial charge in [0.15, 0.2) is 0 Å². The Morgan fingerprint density at radius 1 is 1.00 bits per heavy atom. The highest BCUT2D eigenvalue weighted by atomic mass is 28.4. The molecule has 0 bridgehead atoms. The van der Waals surface area contributed by atoms with Crippen molar-refractivity contribution >= 4 is 8.80 Å². The van der Waals surface area contributed by atoms with Crippen molar-refractivity contribution in [3.8, 4) is 0 Å². The fourth-order valence-corrected chi connectivity index (χ4v) is 4.62. The molecular weight excluding hydrogens is 232 g/mol. The van der Waals surface area contributed by atoms with Crippen LogP contribution in [0.4, 0.5) is 0 Å². The minimum Gasteiger partial charge on any atom is -0.376 e. The van der Waals surface area contributed by atoms with Crippen molar-refractivity contribution in [3.63, 3.8) is 0 Å². The van der Waals surface area contributed by atoms with Gasteiger partial charge in [-0.05, 0) is 18.9 Å². The van der Waals surface area contributed by atoms with E-state index in [0.29, 0.717) is 0 Å². The maximum Gasteiger partial charge on any atom is 0.508 e. The van der Waals surface area contributed by atoms with Gasteiger partial charge in [-0.1, -0.05) is 36.8 Å². The van der Waals surface area contributed by atoms with Gasteiger partial charge in [0.1, 0.15) is 0 Å². The standard InChI is InChI=1S/C13H22O3Si/c1-6-13(17(14-3,15-4)16-5)12-9-7-11(2)8-10-12/h7-10,13H,6H2,1-5H3. The van der Waals surface area contributed by atoms with Gasteiger partial charge < -0.3 is 13.3 Å². The molecule has 1 unspecified atom stereocenters. The molecular formula is C13H22O3Si. The molecule has 0 saturated heterocycles. The predicted octanol–water partition coefficient (Wildman–Crippen LogP) is 2.91. The first-order valence-electron chi connectivity index (χ1n) is 5.85. The Bertz CT molecular complexity index is 325. The molecule has 4 heteroatoms. The first kappa shape index (κ1) is 14.4. The Balaban J connectivity index is 3.08. The summed E-state index contributed by atoms with van der Waals surface area (Å²) in [6.07, 6.45) is 0.935. The van der Waals surface area contributed by atoms with Gasteiger partial charge in [0, 0.05) is 21.3 Å². The largest absolute Gasteiger partial charge is 0.508 e. The SMILES string of the molecule is CCC(c1ccc(C)cc1)[Si](OC)(OC)OC. The summed E-state index contributed by atoms with van der Waals surface area (Å²) in [6.45, 7) is 4.21. The highest BCUT2D eigenvalue weighted by molar-refractivity contribution is 6.62. The Labute approximate surface area is 105 Å². The van der Waals surface area contributed by atoms with Gasteiger partial charge in [-0.25, -0.2) is 0 Å². The summed E-state index contributed by atoms with van der Waals surface area (Å²) in [5.74, 6) is 0. The van der Waals surface area contributed by atoms with Crippen molar-refractivity contribution in [3.05, 3.63) is 35.4 Å². The Morgan fingerprint density at radius 2 is 1.47 bits per heavy atom. The molecule has 0 saturated carbocycles. The van der Waals surface area contributed by atoms with Gasteiger partial charge >= 0.3 is 8.80 Å². The van der Waals surface area contributed by atoms with E-state index in [9.17, 15) is 0 Å². The number of benzene rings is 1. The first-order valence-corrected chi connectivity index (χ1v) is 7.65. The van der Waals surface area contributed by atoms with E-state index in [0.717, 1.165) is 6.42 Å². The normalized spacial score (nSPS) is 13.7. The van der Waals surface area contributed by atoms with Crippen molar-refractivity contribution in [2.24, 2.45) is 0 Å². The maximum atomic E-state index is 5.57. The van der Waals surface area contributed by atoms with Gasteiger partial charge in [-0.15, -0.1) is 0 Å². The molecule has 3 nitrogen and oxygen atoms in total. The summed E-state index contributed by atoms with van der Waals surface area (Å²) >= 11 is 0. The molecule has 1 aromatic carbocycles. The van der Waals surface area contributed by atoms with Crippen molar-refractivity contribution in [1.82, 2.24) is 0 Å². The molecule has 0 aromatic heterocycles. The lowest BCUT2D eigenvalue weighted by molar-refractivity contribution is 0.111. The van der Waals surface area contributed by atoms with Crippen LogP contribution < -0.4 is 0 Å². The number of rotatable bonds is 6. The lowest BCUT2D eigenvalue weighted by Gasteiger charge is -2.32. The zero-order valence-electron chi connectivity index (χ0n) is 11.3. The van der Waals surface area contributed by atoms with Gasteiger partial charge in [0.2, 0.25) is 0 Å². The van der Waals surface area contributed by atoms with E-state index < -0.39 is 8.80 Å². The van der Waals surface area contributed by atoms with Crippen LogP contribution in [-0.4, -0.2) is 30.1 Å². The van der Waals surface area contributed by atoms with E-state index in [2.05, 4.69) is 38.1 Å². The molecule has 0 spiro atoms. The smallest absolute Gasteiger partial charge is 0.376 e. The molecule has 0 aliphatic rings. The molecule has 1 atom stereocenters. The summed E-state index contributed by atoms with van der Waals surface area (Å²) in [5, 5.41) is 0. The van der Waals surface area contributed by atoms with E-state index in [1.807, 2.05) is 0 Å². The van der Waals surface area contributed by atoms with Crippen molar-refractivity contribution in [2.45, 2.75) is 25.8 Å². The average molecular weight is 254 g/mol. The molecule has 0 heterocycles. The Morgan fingerprint density at radius 3 is 1.82 bits per heavy atom. The van der Waals surface area contributed by atoms with Crippen LogP contribution in [0.5, 0.6) is 0 Å². The molecule has 17 heavy (non-hydrogen) atoms. The van der Waals surface area contributed by atoms with Crippen molar-refractivity contribution < 1.29 is 13.3 Å². The van der Waals surface area contributed by atoms with Crippen molar-refractivity contribution in [1.29, 1.82) is 0 Å². The molecule has 0 radical (unpaired) electrons. The van der Waals surface area contributed by atoms with E-state index in [1.54, 1.807) is 21.3 Å². The lowest BCUT2D eigenvalue weighted by atomic mass is 10.1. The molecule has 0 fully saturated rings. The number of hydrogen-bond acceptors (Lipinski definition) is 3. The van der Waals surface area contributed by atoms with Gasteiger partial charge in [0.25, 0.3) is 0 Å². The second-order valence-electron chi connectivity index (χ2n) is 4.09. The van der Waals surface area contributed by atoms with Crippen LogP contribution in [0.1, 0.15) is 30.0 Å². The average Bonchev–Trinajstić information content (AvgIpc) is 2.38. The number of hydrogen-bond donors (Lipinski definition) is 0. The Kier molecular flexibility index (Phi) is 5.33. The van der Waals surface area contributed by atoms with Crippen LogP contribution >= 0.6 is 0 Å². The molecule has 1 aromatic rings. The summed E-state index contributed by atoms with van der Waals surface area (Å²) in [6, 6.07) is 8.47. The maximum absolute atomic E-state index is 5.57. The summed E-state index contributed by atoms with van der Waals surface area (Å²) in [4.78, 5) is 0. The van der Waals surface area contributed by atoms with Crippen LogP contribution in [0.3, 0.4) is 0 Å². The zero-order chi connectivity index (χ0) is 12.9. The highest BCUT2D eigenvalue weighted by Gasteiger charge is 2.47. The van der Waals surface area contributed by atoms with E-state index in [1.165, 1.54) is 11.1 Å². The number of aryl methyl sites for hydroxylation is 1. The van der Waals surface area contributed by atoms with E-state index >= 15 is 0 Å². The molecule has 96 valence electrons. The predicted molar refractivity (Wildman–Crippen MR) is 71.0 cm³/mol. The quantitative estimate of drug-likeness (QED) is 0.731. The summed E-state index contributed by atoms with van der Waals surface area (Å²) in [5.41, 5.74) is 2.65. The first-order chi connectivity index (χ1) is 8.13.